The second kappa shape index (κ2) is 9.06. The second-order valence-electron chi connectivity index (χ2n) is 6.03. The van der Waals surface area contributed by atoms with Gasteiger partial charge in [0.15, 0.2) is 6.10 Å². The highest BCUT2D eigenvalue weighted by Crippen LogP contribution is 2.28. The molecule has 0 saturated heterocycles. The zero-order chi connectivity index (χ0) is 19.3. The van der Waals surface area contributed by atoms with Gasteiger partial charge in [0.2, 0.25) is 0 Å². The monoisotopic (exact) mass is 393 g/mol. The molecule has 0 unspecified atom stereocenters. The lowest BCUT2D eigenvalue weighted by molar-refractivity contribution is -0.123. The molecule has 2 aromatic carbocycles. The van der Waals surface area contributed by atoms with Crippen LogP contribution in [-0.2, 0) is 9.53 Å². The molecule has 138 valence electrons. The molecular formula is C20H21Cl2NO3. The lowest BCUT2D eigenvalue weighted by Gasteiger charge is -2.18. The van der Waals surface area contributed by atoms with E-state index < -0.39 is 18.0 Å². The standard InChI is InChI=1S/C20H21Cl2NO3/c1-4-12(2)14-8-5-6-11-17(14)23-19(24)13(3)26-20(25)15-9-7-10-16(21)18(15)22/h5-13H,4H2,1-3H3,(H,23,24)/t12-,13+/m1/s1. The van der Waals surface area contributed by atoms with Crippen LogP contribution in [0.25, 0.3) is 0 Å². The smallest absolute Gasteiger partial charge is 0.340 e. The van der Waals surface area contributed by atoms with Crippen LogP contribution in [-0.4, -0.2) is 18.0 Å². The molecule has 0 aliphatic heterocycles. The Morgan fingerprint density at radius 1 is 1.08 bits per heavy atom. The van der Waals surface area contributed by atoms with Gasteiger partial charge in [-0.05, 0) is 43.0 Å². The van der Waals surface area contributed by atoms with Crippen molar-refractivity contribution in [3.8, 4) is 0 Å². The molecule has 0 aliphatic rings. The van der Waals surface area contributed by atoms with Crippen molar-refractivity contribution in [3.05, 3.63) is 63.6 Å². The quantitative estimate of drug-likeness (QED) is 0.641. The van der Waals surface area contributed by atoms with E-state index in [-0.39, 0.29) is 15.6 Å². The van der Waals surface area contributed by atoms with Crippen molar-refractivity contribution >= 4 is 40.8 Å². The van der Waals surface area contributed by atoms with E-state index in [1.54, 1.807) is 12.1 Å². The van der Waals surface area contributed by atoms with Gasteiger partial charge in [0.1, 0.15) is 0 Å². The number of nitrogens with one attached hydrogen (secondary N) is 1. The van der Waals surface area contributed by atoms with Crippen molar-refractivity contribution in [2.75, 3.05) is 5.32 Å². The summed E-state index contributed by atoms with van der Waals surface area (Å²) in [6, 6.07) is 12.3. The van der Waals surface area contributed by atoms with Crippen molar-refractivity contribution < 1.29 is 14.3 Å². The SMILES string of the molecule is CC[C@@H](C)c1ccccc1NC(=O)[C@H](C)OC(=O)c1cccc(Cl)c1Cl. The van der Waals surface area contributed by atoms with Gasteiger partial charge < -0.3 is 10.1 Å². The highest BCUT2D eigenvalue weighted by molar-refractivity contribution is 6.43. The Morgan fingerprint density at radius 2 is 1.77 bits per heavy atom. The van der Waals surface area contributed by atoms with Crippen molar-refractivity contribution in [3.63, 3.8) is 0 Å². The van der Waals surface area contributed by atoms with Gasteiger partial charge in [-0.1, -0.05) is 61.3 Å². The Labute approximate surface area is 163 Å². The summed E-state index contributed by atoms with van der Waals surface area (Å²) < 4.78 is 5.24. The molecule has 1 amide bonds. The van der Waals surface area contributed by atoms with Gasteiger partial charge in [-0.25, -0.2) is 4.79 Å². The number of carbonyl (C=O) groups excluding carboxylic acids is 2. The average Bonchev–Trinajstić information content (AvgIpc) is 2.63. The topological polar surface area (TPSA) is 55.4 Å². The van der Waals surface area contributed by atoms with E-state index in [4.69, 9.17) is 27.9 Å². The molecule has 6 heteroatoms. The predicted octanol–water partition coefficient (Wildman–Crippen LogP) is 5.69. The van der Waals surface area contributed by atoms with E-state index in [2.05, 4.69) is 19.2 Å². The second-order valence-corrected chi connectivity index (χ2v) is 6.82. The third-order valence-corrected chi connectivity index (χ3v) is 5.01. The maximum absolute atomic E-state index is 12.4. The molecule has 0 radical (unpaired) electrons. The van der Waals surface area contributed by atoms with E-state index in [1.807, 2.05) is 24.3 Å². The first kappa shape index (κ1) is 20.3. The van der Waals surface area contributed by atoms with Crippen LogP contribution in [0, 0.1) is 0 Å². The minimum Gasteiger partial charge on any atom is -0.449 e. The van der Waals surface area contributed by atoms with E-state index in [1.165, 1.54) is 13.0 Å². The van der Waals surface area contributed by atoms with Crippen LogP contribution in [0.2, 0.25) is 10.0 Å². The third kappa shape index (κ3) is 4.77. The summed E-state index contributed by atoms with van der Waals surface area (Å²) in [4.78, 5) is 24.7. The summed E-state index contributed by atoms with van der Waals surface area (Å²) >= 11 is 11.9. The number of hydrogen-bond donors (Lipinski definition) is 1. The summed E-state index contributed by atoms with van der Waals surface area (Å²) in [6.07, 6.45) is -0.0347. The number of halogens is 2. The molecule has 1 N–H and O–H groups in total. The maximum Gasteiger partial charge on any atom is 0.340 e. The number of amides is 1. The van der Waals surface area contributed by atoms with E-state index in [0.29, 0.717) is 5.92 Å². The van der Waals surface area contributed by atoms with Crippen LogP contribution in [0.1, 0.15) is 49.0 Å². The Hall–Kier alpha value is -2.04. The Balaban J connectivity index is 2.09. The largest absolute Gasteiger partial charge is 0.449 e. The number of esters is 1. The van der Waals surface area contributed by atoms with Crippen molar-refractivity contribution in [2.45, 2.75) is 39.2 Å². The fourth-order valence-corrected chi connectivity index (χ4v) is 2.81. The minimum atomic E-state index is -0.984. The molecule has 2 rings (SSSR count). The summed E-state index contributed by atoms with van der Waals surface area (Å²) in [7, 11) is 0. The highest BCUT2D eigenvalue weighted by atomic mass is 35.5. The first-order chi connectivity index (χ1) is 12.3. The molecular weight excluding hydrogens is 373 g/mol. The molecule has 0 fully saturated rings. The average molecular weight is 394 g/mol. The molecule has 0 aromatic heterocycles. The molecule has 26 heavy (non-hydrogen) atoms. The van der Waals surface area contributed by atoms with Crippen LogP contribution < -0.4 is 5.32 Å². The number of ether oxygens (including phenoxy) is 1. The van der Waals surface area contributed by atoms with Gasteiger partial charge >= 0.3 is 5.97 Å². The summed E-state index contributed by atoms with van der Waals surface area (Å²) in [6.45, 7) is 5.69. The highest BCUT2D eigenvalue weighted by Gasteiger charge is 2.22. The number of benzene rings is 2. The number of rotatable bonds is 6. The summed E-state index contributed by atoms with van der Waals surface area (Å²) in [5.41, 5.74) is 1.88. The first-order valence-corrected chi connectivity index (χ1v) is 9.15. The van der Waals surface area contributed by atoms with Gasteiger partial charge in [-0.15, -0.1) is 0 Å². The van der Waals surface area contributed by atoms with Crippen LogP contribution in [0.4, 0.5) is 5.69 Å². The van der Waals surface area contributed by atoms with Crippen LogP contribution in [0.15, 0.2) is 42.5 Å². The van der Waals surface area contributed by atoms with Gasteiger partial charge in [-0.2, -0.15) is 0 Å². The Kier molecular flexibility index (Phi) is 7.06. The Bertz CT molecular complexity index is 807. The fourth-order valence-electron chi connectivity index (χ4n) is 2.43. The zero-order valence-corrected chi connectivity index (χ0v) is 16.4. The van der Waals surface area contributed by atoms with E-state index in [0.717, 1.165) is 17.7 Å². The number of para-hydroxylation sites is 1. The van der Waals surface area contributed by atoms with Crippen LogP contribution >= 0.6 is 23.2 Å². The molecule has 0 aliphatic carbocycles. The van der Waals surface area contributed by atoms with E-state index in [9.17, 15) is 9.59 Å². The maximum atomic E-state index is 12.4. The minimum absolute atomic E-state index is 0.105. The van der Waals surface area contributed by atoms with E-state index >= 15 is 0 Å². The summed E-state index contributed by atoms with van der Waals surface area (Å²) in [5, 5.41) is 3.19. The van der Waals surface area contributed by atoms with Crippen molar-refractivity contribution in [1.29, 1.82) is 0 Å². The molecule has 0 heterocycles. The third-order valence-electron chi connectivity index (χ3n) is 4.19. The molecule has 0 spiro atoms. The normalized spacial score (nSPS) is 13.0. The van der Waals surface area contributed by atoms with Crippen molar-refractivity contribution in [2.24, 2.45) is 0 Å². The van der Waals surface area contributed by atoms with Gasteiger partial charge in [0, 0.05) is 5.69 Å². The van der Waals surface area contributed by atoms with Crippen LogP contribution in [0.3, 0.4) is 0 Å². The lowest BCUT2D eigenvalue weighted by atomic mass is 9.97. The lowest BCUT2D eigenvalue weighted by Crippen LogP contribution is -2.30. The van der Waals surface area contributed by atoms with Crippen LogP contribution in [0.5, 0.6) is 0 Å². The molecule has 0 saturated carbocycles. The Morgan fingerprint density at radius 3 is 2.46 bits per heavy atom. The summed E-state index contributed by atoms with van der Waals surface area (Å²) in [5.74, 6) is -0.808. The van der Waals surface area contributed by atoms with Gasteiger partial charge in [0.25, 0.3) is 5.91 Å². The molecule has 0 bridgehead atoms. The van der Waals surface area contributed by atoms with Gasteiger partial charge in [-0.3, -0.25) is 4.79 Å². The van der Waals surface area contributed by atoms with Gasteiger partial charge in [0.05, 0.1) is 15.6 Å². The predicted molar refractivity (Wildman–Crippen MR) is 105 cm³/mol. The molecule has 2 aromatic rings. The molecule has 4 nitrogen and oxygen atoms in total. The first-order valence-electron chi connectivity index (χ1n) is 8.39. The number of carbonyl (C=O) groups is 2. The van der Waals surface area contributed by atoms with Crippen molar-refractivity contribution in [1.82, 2.24) is 0 Å². The molecule has 2 atom stereocenters. The number of anilines is 1. The number of hydrogen-bond acceptors (Lipinski definition) is 3. The fraction of sp³-hybridized carbons (Fsp3) is 0.300. The zero-order valence-electron chi connectivity index (χ0n) is 14.9.